The molecule has 1 fully saturated rings. The first-order valence-corrected chi connectivity index (χ1v) is 8.95. The third kappa shape index (κ3) is 3.65. The average molecular weight is 347 g/mol. The topological polar surface area (TPSA) is 63.4 Å². The van der Waals surface area contributed by atoms with E-state index in [4.69, 9.17) is 5.73 Å². The molecule has 1 aromatic rings. The molecular weight excluding hydrogens is 320 g/mol. The fourth-order valence-corrected chi connectivity index (χ4v) is 4.84. The number of benzene rings is 1. The Morgan fingerprint density at radius 3 is 2.41 bits per heavy atom. The largest absolute Gasteiger partial charge is 0.327 e. The zero-order chi connectivity index (χ0) is 15.8. The molecule has 0 amide bonds. The molecule has 0 radical (unpaired) electrons. The monoisotopic (exact) mass is 346 g/mol. The van der Waals surface area contributed by atoms with Crippen LogP contribution < -0.4 is 5.73 Å². The second-order valence-corrected chi connectivity index (χ2v) is 8.82. The standard InChI is InChI=1S/C16H26N2O2S.ClH/c1-12(2)13-7-5-6-8-14(13)21(19,20)18-10-9-15(17)16(3,4)11-18;/h5-8,12,15H,9-11,17H2,1-4H3;1H. The van der Waals surface area contributed by atoms with E-state index in [9.17, 15) is 8.42 Å². The molecule has 2 rings (SSSR count). The van der Waals surface area contributed by atoms with Gasteiger partial charge in [-0.25, -0.2) is 8.42 Å². The predicted octanol–water partition coefficient (Wildman–Crippen LogP) is 2.98. The van der Waals surface area contributed by atoms with E-state index in [1.165, 1.54) is 0 Å². The summed E-state index contributed by atoms with van der Waals surface area (Å²) in [5.41, 5.74) is 6.80. The van der Waals surface area contributed by atoms with Crippen molar-refractivity contribution >= 4 is 22.4 Å². The van der Waals surface area contributed by atoms with Crippen LogP contribution in [0, 0.1) is 5.41 Å². The van der Waals surface area contributed by atoms with Crippen molar-refractivity contribution in [2.24, 2.45) is 11.1 Å². The summed E-state index contributed by atoms with van der Waals surface area (Å²) in [6.07, 6.45) is 0.704. The first-order valence-electron chi connectivity index (χ1n) is 7.51. The molecule has 0 spiro atoms. The minimum Gasteiger partial charge on any atom is -0.327 e. The first-order chi connectivity index (χ1) is 9.66. The SMILES string of the molecule is CC(C)c1ccccc1S(=O)(=O)N1CCC(N)C(C)(C)C1.Cl. The van der Waals surface area contributed by atoms with Crippen molar-refractivity contribution < 1.29 is 8.42 Å². The molecule has 0 aliphatic carbocycles. The molecule has 1 unspecified atom stereocenters. The molecule has 6 heteroatoms. The summed E-state index contributed by atoms with van der Waals surface area (Å²) in [4.78, 5) is 0.436. The number of piperidine rings is 1. The maximum absolute atomic E-state index is 13.0. The molecule has 0 saturated carbocycles. The summed E-state index contributed by atoms with van der Waals surface area (Å²) in [5, 5.41) is 0. The molecule has 126 valence electrons. The fraction of sp³-hybridized carbons (Fsp3) is 0.625. The Hall–Kier alpha value is -0.620. The van der Waals surface area contributed by atoms with Gasteiger partial charge >= 0.3 is 0 Å². The lowest BCUT2D eigenvalue weighted by Crippen LogP contribution is -2.53. The maximum Gasteiger partial charge on any atom is 0.243 e. The van der Waals surface area contributed by atoms with Crippen LogP contribution in [0.15, 0.2) is 29.2 Å². The van der Waals surface area contributed by atoms with Gasteiger partial charge in [0.1, 0.15) is 0 Å². The lowest BCUT2D eigenvalue weighted by Gasteiger charge is -2.42. The molecule has 0 bridgehead atoms. The van der Waals surface area contributed by atoms with E-state index < -0.39 is 10.0 Å². The van der Waals surface area contributed by atoms with Crippen molar-refractivity contribution in [2.75, 3.05) is 13.1 Å². The van der Waals surface area contributed by atoms with Gasteiger partial charge in [-0.05, 0) is 29.4 Å². The summed E-state index contributed by atoms with van der Waals surface area (Å²) in [7, 11) is -3.45. The second-order valence-electron chi connectivity index (χ2n) is 6.91. The Bertz CT molecular complexity index is 614. The summed E-state index contributed by atoms with van der Waals surface area (Å²) in [5.74, 6) is 0.177. The van der Waals surface area contributed by atoms with Gasteiger partial charge in [0.25, 0.3) is 0 Å². The van der Waals surface area contributed by atoms with Crippen LogP contribution in [0.3, 0.4) is 0 Å². The highest BCUT2D eigenvalue weighted by molar-refractivity contribution is 7.89. The highest BCUT2D eigenvalue weighted by atomic mass is 35.5. The minimum absolute atomic E-state index is 0. The predicted molar refractivity (Wildman–Crippen MR) is 92.9 cm³/mol. The van der Waals surface area contributed by atoms with Crippen molar-refractivity contribution in [3.05, 3.63) is 29.8 Å². The van der Waals surface area contributed by atoms with E-state index in [0.29, 0.717) is 24.4 Å². The molecule has 1 saturated heterocycles. The third-order valence-electron chi connectivity index (χ3n) is 4.44. The van der Waals surface area contributed by atoms with Crippen LogP contribution in [-0.4, -0.2) is 31.9 Å². The molecule has 1 heterocycles. The van der Waals surface area contributed by atoms with Crippen molar-refractivity contribution in [1.29, 1.82) is 0 Å². The van der Waals surface area contributed by atoms with E-state index in [1.54, 1.807) is 16.4 Å². The number of nitrogens with two attached hydrogens (primary N) is 1. The van der Waals surface area contributed by atoms with E-state index in [-0.39, 0.29) is 29.8 Å². The van der Waals surface area contributed by atoms with Crippen LogP contribution in [0.25, 0.3) is 0 Å². The highest BCUT2D eigenvalue weighted by Crippen LogP contribution is 2.33. The number of hydrogen-bond acceptors (Lipinski definition) is 3. The van der Waals surface area contributed by atoms with Crippen LogP contribution in [-0.2, 0) is 10.0 Å². The lowest BCUT2D eigenvalue weighted by molar-refractivity contribution is 0.155. The molecule has 22 heavy (non-hydrogen) atoms. The Morgan fingerprint density at radius 2 is 1.86 bits per heavy atom. The minimum atomic E-state index is -3.45. The van der Waals surface area contributed by atoms with Gasteiger partial charge in [-0.15, -0.1) is 12.4 Å². The molecule has 4 nitrogen and oxygen atoms in total. The summed E-state index contributed by atoms with van der Waals surface area (Å²) < 4.78 is 27.6. The zero-order valence-electron chi connectivity index (χ0n) is 13.7. The number of sulfonamides is 1. The number of nitrogens with zero attached hydrogens (tertiary/aromatic N) is 1. The van der Waals surface area contributed by atoms with Crippen molar-refractivity contribution in [1.82, 2.24) is 4.31 Å². The van der Waals surface area contributed by atoms with Gasteiger partial charge in [0.15, 0.2) is 0 Å². The van der Waals surface area contributed by atoms with Crippen molar-refractivity contribution in [3.8, 4) is 0 Å². The molecule has 0 aromatic heterocycles. The van der Waals surface area contributed by atoms with Gasteiger partial charge in [0.05, 0.1) is 4.90 Å². The molecule has 1 aromatic carbocycles. The van der Waals surface area contributed by atoms with Gasteiger partial charge in [0.2, 0.25) is 10.0 Å². The van der Waals surface area contributed by atoms with E-state index in [1.807, 2.05) is 39.8 Å². The van der Waals surface area contributed by atoms with E-state index in [2.05, 4.69) is 0 Å². The lowest BCUT2D eigenvalue weighted by atomic mass is 9.81. The molecular formula is C16H27ClN2O2S. The Morgan fingerprint density at radius 1 is 1.27 bits per heavy atom. The summed E-state index contributed by atoms with van der Waals surface area (Å²) >= 11 is 0. The van der Waals surface area contributed by atoms with Crippen LogP contribution in [0.5, 0.6) is 0 Å². The van der Waals surface area contributed by atoms with Gasteiger partial charge in [-0.2, -0.15) is 4.31 Å². The second kappa shape index (κ2) is 6.87. The van der Waals surface area contributed by atoms with Gasteiger partial charge in [-0.3, -0.25) is 0 Å². The van der Waals surface area contributed by atoms with E-state index in [0.717, 1.165) is 5.56 Å². The van der Waals surface area contributed by atoms with Crippen LogP contribution in [0.1, 0.15) is 45.6 Å². The van der Waals surface area contributed by atoms with Crippen LogP contribution >= 0.6 is 12.4 Å². The number of hydrogen-bond donors (Lipinski definition) is 1. The smallest absolute Gasteiger partial charge is 0.243 e. The van der Waals surface area contributed by atoms with Gasteiger partial charge in [-0.1, -0.05) is 45.9 Å². The van der Waals surface area contributed by atoms with Crippen molar-refractivity contribution in [3.63, 3.8) is 0 Å². The molecule has 1 atom stereocenters. The zero-order valence-corrected chi connectivity index (χ0v) is 15.4. The first kappa shape index (κ1) is 19.4. The van der Waals surface area contributed by atoms with E-state index >= 15 is 0 Å². The highest BCUT2D eigenvalue weighted by Gasteiger charge is 2.39. The van der Waals surface area contributed by atoms with Crippen LogP contribution in [0.4, 0.5) is 0 Å². The normalized spacial score (nSPS) is 22.4. The van der Waals surface area contributed by atoms with Gasteiger partial charge < -0.3 is 5.73 Å². The third-order valence-corrected chi connectivity index (χ3v) is 6.36. The summed E-state index contributed by atoms with van der Waals surface area (Å²) in [6.45, 7) is 9.08. The van der Waals surface area contributed by atoms with Gasteiger partial charge in [0, 0.05) is 19.1 Å². The van der Waals surface area contributed by atoms with Crippen molar-refractivity contribution in [2.45, 2.75) is 51.0 Å². The summed E-state index contributed by atoms with van der Waals surface area (Å²) in [6, 6.07) is 7.35. The average Bonchev–Trinajstić information content (AvgIpc) is 2.41. The van der Waals surface area contributed by atoms with Crippen LogP contribution in [0.2, 0.25) is 0 Å². The number of halogens is 1. The fourth-order valence-electron chi connectivity index (χ4n) is 2.86. The Labute approximate surface area is 140 Å². The molecule has 1 aliphatic rings. The molecule has 1 aliphatic heterocycles. The number of rotatable bonds is 3. The Balaban J connectivity index is 0.00000242. The Kier molecular flexibility index (Phi) is 6.07. The maximum atomic E-state index is 13.0. The molecule has 2 N–H and O–H groups in total. The quantitative estimate of drug-likeness (QED) is 0.915.